The molecule has 0 unspecified atom stereocenters. The van der Waals surface area contributed by atoms with E-state index in [4.69, 9.17) is 4.74 Å². The van der Waals surface area contributed by atoms with Gasteiger partial charge >= 0.3 is 0 Å². The van der Waals surface area contributed by atoms with Crippen molar-refractivity contribution in [3.8, 4) is 0 Å². The van der Waals surface area contributed by atoms with E-state index in [2.05, 4.69) is 15.3 Å². The molecule has 0 saturated heterocycles. The molecule has 0 radical (unpaired) electrons. The molecular formula is C18H20N4O3S. The molecule has 0 atom stereocenters. The van der Waals surface area contributed by atoms with Crippen molar-refractivity contribution in [2.45, 2.75) is 26.9 Å². The highest BCUT2D eigenvalue weighted by molar-refractivity contribution is 7.20. The molecule has 0 saturated carbocycles. The molecule has 0 aliphatic heterocycles. The summed E-state index contributed by atoms with van der Waals surface area (Å²) in [5, 5.41) is 3.37. The normalized spacial score (nSPS) is 11.0. The van der Waals surface area contributed by atoms with E-state index in [1.807, 2.05) is 19.1 Å². The Morgan fingerprint density at radius 3 is 3.00 bits per heavy atom. The number of amides is 1. The van der Waals surface area contributed by atoms with E-state index in [0.717, 1.165) is 5.56 Å². The lowest BCUT2D eigenvalue weighted by molar-refractivity contribution is 0.0954. The standard InChI is InChI=1S/C18H20N4O3S/c1-3-25-8-7-22-11-21-17-14(18(22)24)12(2)15(26-17)16(23)20-10-13-5-4-6-19-9-13/h4-6,9,11H,3,7-8,10H2,1-2H3,(H,20,23). The van der Waals surface area contributed by atoms with E-state index >= 15 is 0 Å². The second-order valence-electron chi connectivity index (χ2n) is 5.72. The molecule has 3 aromatic heterocycles. The predicted octanol–water partition coefficient (Wildman–Crippen LogP) is 2.13. The zero-order valence-corrected chi connectivity index (χ0v) is 15.5. The first kappa shape index (κ1) is 18.2. The molecule has 1 N–H and O–H groups in total. The number of ether oxygens (including phenoxy) is 1. The van der Waals surface area contributed by atoms with Crippen LogP contribution >= 0.6 is 11.3 Å². The Kier molecular flexibility index (Phi) is 5.75. The first-order valence-electron chi connectivity index (χ1n) is 8.35. The maximum atomic E-state index is 12.7. The molecule has 3 rings (SSSR count). The Hall–Kier alpha value is -2.58. The largest absolute Gasteiger partial charge is 0.380 e. The van der Waals surface area contributed by atoms with E-state index in [9.17, 15) is 9.59 Å². The maximum absolute atomic E-state index is 12.7. The van der Waals surface area contributed by atoms with Crippen LogP contribution in [0.1, 0.15) is 27.7 Å². The highest BCUT2D eigenvalue weighted by Gasteiger charge is 2.19. The number of carbonyl (C=O) groups excluding carboxylic acids is 1. The van der Waals surface area contributed by atoms with Gasteiger partial charge in [0.05, 0.1) is 29.7 Å². The SMILES string of the molecule is CCOCCn1cnc2sc(C(=O)NCc3cccnc3)c(C)c2c1=O. The van der Waals surface area contributed by atoms with Crippen LogP contribution < -0.4 is 10.9 Å². The fourth-order valence-electron chi connectivity index (χ4n) is 2.61. The van der Waals surface area contributed by atoms with Crippen LogP contribution in [0.3, 0.4) is 0 Å². The van der Waals surface area contributed by atoms with Crippen LogP contribution in [0.2, 0.25) is 0 Å². The molecular weight excluding hydrogens is 352 g/mol. The number of fused-ring (bicyclic) bond motifs is 1. The van der Waals surface area contributed by atoms with Crippen molar-refractivity contribution in [2.75, 3.05) is 13.2 Å². The van der Waals surface area contributed by atoms with Gasteiger partial charge in [-0.25, -0.2) is 4.98 Å². The van der Waals surface area contributed by atoms with Crippen molar-refractivity contribution in [3.05, 3.63) is 57.2 Å². The number of nitrogens with one attached hydrogen (secondary N) is 1. The zero-order valence-electron chi connectivity index (χ0n) is 14.7. The summed E-state index contributed by atoms with van der Waals surface area (Å²) in [6, 6.07) is 3.71. The number of nitrogens with zero attached hydrogens (tertiary/aromatic N) is 3. The summed E-state index contributed by atoms with van der Waals surface area (Å²) in [4.78, 5) is 34.7. The van der Waals surface area contributed by atoms with Crippen molar-refractivity contribution in [1.82, 2.24) is 19.9 Å². The minimum Gasteiger partial charge on any atom is -0.380 e. The van der Waals surface area contributed by atoms with Crippen LogP contribution in [0.4, 0.5) is 0 Å². The summed E-state index contributed by atoms with van der Waals surface area (Å²) >= 11 is 1.23. The second-order valence-corrected chi connectivity index (χ2v) is 6.72. The van der Waals surface area contributed by atoms with Crippen molar-refractivity contribution >= 4 is 27.5 Å². The molecule has 26 heavy (non-hydrogen) atoms. The molecule has 0 aliphatic rings. The molecule has 8 heteroatoms. The maximum Gasteiger partial charge on any atom is 0.262 e. The van der Waals surface area contributed by atoms with Gasteiger partial charge in [-0.3, -0.25) is 19.1 Å². The average molecular weight is 372 g/mol. The molecule has 3 heterocycles. The third kappa shape index (κ3) is 3.81. The predicted molar refractivity (Wildman–Crippen MR) is 101 cm³/mol. The van der Waals surface area contributed by atoms with E-state index in [1.54, 1.807) is 19.3 Å². The van der Waals surface area contributed by atoms with Crippen LogP contribution in [0.25, 0.3) is 10.2 Å². The van der Waals surface area contributed by atoms with E-state index in [-0.39, 0.29) is 11.5 Å². The average Bonchev–Trinajstić information content (AvgIpc) is 3.00. The monoisotopic (exact) mass is 372 g/mol. The van der Waals surface area contributed by atoms with Crippen LogP contribution in [-0.4, -0.2) is 33.7 Å². The molecule has 0 fully saturated rings. The number of thiophene rings is 1. The van der Waals surface area contributed by atoms with Crippen molar-refractivity contribution in [3.63, 3.8) is 0 Å². The fraction of sp³-hybridized carbons (Fsp3) is 0.333. The van der Waals surface area contributed by atoms with Crippen LogP contribution in [0, 0.1) is 6.92 Å². The Balaban J connectivity index is 1.83. The summed E-state index contributed by atoms with van der Waals surface area (Å²) in [5.41, 5.74) is 1.43. The highest BCUT2D eigenvalue weighted by atomic mass is 32.1. The van der Waals surface area contributed by atoms with E-state index in [1.165, 1.54) is 22.2 Å². The molecule has 1 amide bonds. The summed E-state index contributed by atoms with van der Waals surface area (Å²) < 4.78 is 6.82. The molecule has 0 spiro atoms. The van der Waals surface area contributed by atoms with Gasteiger partial charge in [0.25, 0.3) is 11.5 Å². The Bertz CT molecular complexity index is 966. The Labute approximate surface area is 154 Å². The summed E-state index contributed by atoms with van der Waals surface area (Å²) in [7, 11) is 0. The van der Waals surface area contributed by atoms with Gasteiger partial charge in [-0.05, 0) is 31.0 Å². The van der Waals surface area contributed by atoms with Gasteiger partial charge in [-0.1, -0.05) is 6.07 Å². The van der Waals surface area contributed by atoms with Gasteiger partial charge in [0.2, 0.25) is 0 Å². The van der Waals surface area contributed by atoms with E-state index in [0.29, 0.717) is 47.0 Å². The van der Waals surface area contributed by atoms with Gasteiger partial charge in [-0.15, -0.1) is 11.3 Å². The van der Waals surface area contributed by atoms with Gasteiger partial charge in [0.15, 0.2) is 0 Å². The Morgan fingerprint density at radius 2 is 2.27 bits per heavy atom. The van der Waals surface area contributed by atoms with Gasteiger partial charge in [-0.2, -0.15) is 0 Å². The number of aryl methyl sites for hydroxylation is 1. The van der Waals surface area contributed by atoms with Crippen LogP contribution in [0.15, 0.2) is 35.6 Å². The lowest BCUT2D eigenvalue weighted by Crippen LogP contribution is -2.24. The van der Waals surface area contributed by atoms with Crippen LogP contribution in [-0.2, 0) is 17.8 Å². The zero-order chi connectivity index (χ0) is 18.5. The molecule has 0 aliphatic carbocycles. The van der Waals surface area contributed by atoms with Gasteiger partial charge in [0.1, 0.15) is 4.83 Å². The van der Waals surface area contributed by atoms with Gasteiger partial charge in [0, 0.05) is 25.5 Å². The number of carbonyl (C=O) groups is 1. The van der Waals surface area contributed by atoms with Crippen molar-refractivity contribution < 1.29 is 9.53 Å². The van der Waals surface area contributed by atoms with Crippen LogP contribution in [0.5, 0.6) is 0 Å². The lowest BCUT2D eigenvalue weighted by atomic mass is 10.2. The molecule has 3 aromatic rings. The first-order chi connectivity index (χ1) is 12.6. The number of hydrogen-bond donors (Lipinski definition) is 1. The summed E-state index contributed by atoms with van der Waals surface area (Å²) in [6.45, 7) is 5.56. The lowest BCUT2D eigenvalue weighted by Gasteiger charge is -2.05. The minimum atomic E-state index is -0.213. The summed E-state index contributed by atoms with van der Waals surface area (Å²) in [5.74, 6) is -0.213. The highest BCUT2D eigenvalue weighted by Crippen LogP contribution is 2.26. The third-order valence-corrected chi connectivity index (χ3v) is 5.18. The minimum absolute atomic E-state index is 0.144. The number of hydrogen-bond acceptors (Lipinski definition) is 6. The third-order valence-electron chi connectivity index (χ3n) is 3.98. The number of aromatic nitrogens is 3. The number of rotatable bonds is 7. The van der Waals surface area contributed by atoms with Gasteiger partial charge < -0.3 is 10.1 Å². The Morgan fingerprint density at radius 1 is 1.42 bits per heavy atom. The molecule has 0 aromatic carbocycles. The second kappa shape index (κ2) is 8.20. The van der Waals surface area contributed by atoms with Crippen molar-refractivity contribution in [1.29, 1.82) is 0 Å². The molecule has 7 nitrogen and oxygen atoms in total. The summed E-state index contributed by atoms with van der Waals surface area (Å²) in [6.07, 6.45) is 4.90. The number of pyridine rings is 1. The molecule has 136 valence electrons. The first-order valence-corrected chi connectivity index (χ1v) is 9.16. The van der Waals surface area contributed by atoms with E-state index < -0.39 is 0 Å². The topological polar surface area (TPSA) is 86.1 Å². The smallest absolute Gasteiger partial charge is 0.262 e. The quantitative estimate of drug-likeness (QED) is 0.642. The fourth-order valence-corrected chi connectivity index (χ4v) is 3.66. The van der Waals surface area contributed by atoms with Crippen molar-refractivity contribution in [2.24, 2.45) is 0 Å². The molecule has 0 bridgehead atoms.